The van der Waals surface area contributed by atoms with Crippen molar-refractivity contribution in [3.05, 3.63) is 35.4 Å². The van der Waals surface area contributed by atoms with E-state index in [9.17, 15) is 0 Å². The number of likely N-dealkylation sites (tertiary alicyclic amines) is 1. The van der Waals surface area contributed by atoms with Gasteiger partial charge < -0.3 is 0 Å². The Morgan fingerprint density at radius 3 is 2.82 bits per heavy atom. The molecule has 0 bridgehead atoms. The van der Waals surface area contributed by atoms with Crippen molar-refractivity contribution in [1.82, 2.24) is 14.3 Å². The number of nitrogens with zero attached hydrogens (tertiary/aromatic N) is 3. The summed E-state index contributed by atoms with van der Waals surface area (Å²) in [7, 11) is 0. The highest BCUT2D eigenvalue weighted by molar-refractivity contribution is 6.28. The van der Waals surface area contributed by atoms with Crippen LogP contribution in [0.5, 0.6) is 0 Å². The summed E-state index contributed by atoms with van der Waals surface area (Å²) in [6, 6.07) is 6.09. The van der Waals surface area contributed by atoms with Crippen LogP contribution in [0.25, 0.3) is 5.52 Å². The molecule has 0 unspecified atom stereocenters. The van der Waals surface area contributed by atoms with E-state index in [1.165, 1.54) is 32.4 Å². The van der Waals surface area contributed by atoms with Crippen LogP contribution in [0.1, 0.15) is 25.0 Å². The van der Waals surface area contributed by atoms with Gasteiger partial charge in [0.25, 0.3) is 0 Å². The van der Waals surface area contributed by atoms with Crippen molar-refractivity contribution in [3.63, 3.8) is 0 Å². The van der Waals surface area contributed by atoms with Gasteiger partial charge in [-0.25, -0.2) is 4.98 Å². The third-order valence-electron chi connectivity index (χ3n) is 3.40. The second kappa shape index (κ2) is 4.67. The van der Waals surface area contributed by atoms with E-state index in [2.05, 4.69) is 16.0 Å². The van der Waals surface area contributed by atoms with E-state index in [-0.39, 0.29) is 0 Å². The van der Waals surface area contributed by atoms with Gasteiger partial charge in [0.2, 0.25) is 5.28 Å². The lowest BCUT2D eigenvalue weighted by Crippen LogP contribution is -2.29. The highest BCUT2D eigenvalue weighted by Crippen LogP contribution is 2.20. The van der Waals surface area contributed by atoms with Gasteiger partial charge in [0.15, 0.2) is 0 Å². The SMILES string of the molecule is Clc1nc(CN2CCCCC2)c2ccccn12. The monoisotopic (exact) mass is 249 g/mol. The van der Waals surface area contributed by atoms with E-state index >= 15 is 0 Å². The zero-order chi connectivity index (χ0) is 11.7. The molecule has 90 valence electrons. The summed E-state index contributed by atoms with van der Waals surface area (Å²) < 4.78 is 1.95. The zero-order valence-electron chi connectivity index (χ0n) is 9.77. The van der Waals surface area contributed by atoms with Crippen molar-refractivity contribution in [3.8, 4) is 0 Å². The first kappa shape index (κ1) is 11.1. The fourth-order valence-corrected chi connectivity index (χ4v) is 2.76. The normalized spacial score (nSPS) is 17.7. The first-order valence-corrected chi connectivity index (χ1v) is 6.56. The molecule has 3 nitrogen and oxygen atoms in total. The van der Waals surface area contributed by atoms with Gasteiger partial charge in [-0.1, -0.05) is 12.5 Å². The Bertz CT molecular complexity index is 514. The van der Waals surface area contributed by atoms with Crippen LogP contribution < -0.4 is 0 Å². The summed E-state index contributed by atoms with van der Waals surface area (Å²) in [6.45, 7) is 3.28. The molecule has 0 N–H and O–H groups in total. The lowest BCUT2D eigenvalue weighted by Gasteiger charge is -2.25. The summed E-state index contributed by atoms with van der Waals surface area (Å²) >= 11 is 6.13. The molecule has 1 aliphatic rings. The summed E-state index contributed by atoms with van der Waals surface area (Å²) in [5, 5.41) is 0.563. The Balaban J connectivity index is 1.89. The lowest BCUT2D eigenvalue weighted by molar-refractivity contribution is 0.219. The van der Waals surface area contributed by atoms with Gasteiger partial charge in [0.1, 0.15) is 0 Å². The topological polar surface area (TPSA) is 20.5 Å². The molecular formula is C13H16ClN3. The third-order valence-corrected chi connectivity index (χ3v) is 3.67. The molecule has 17 heavy (non-hydrogen) atoms. The molecule has 0 spiro atoms. The van der Waals surface area contributed by atoms with E-state index in [4.69, 9.17) is 11.6 Å². The number of piperidine rings is 1. The Labute approximate surface area is 106 Å². The first-order chi connectivity index (χ1) is 8.34. The van der Waals surface area contributed by atoms with Gasteiger partial charge in [0, 0.05) is 12.7 Å². The fourth-order valence-electron chi connectivity index (χ4n) is 2.51. The maximum atomic E-state index is 6.13. The highest BCUT2D eigenvalue weighted by Gasteiger charge is 2.15. The van der Waals surface area contributed by atoms with Crippen molar-refractivity contribution in [1.29, 1.82) is 0 Å². The number of fused-ring (bicyclic) bond motifs is 1. The second-order valence-electron chi connectivity index (χ2n) is 4.62. The molecule has 1 fully saturated rings. The minimum Gasteiger partial charge on any atom is -0.297 e. The number of halogens is 1. The quantitative estimate of drug-likeness (QED) is 0.816. The van der Waals surface area contributed by atoms with Crippen molar-refractivity contribution < 1.29 is 0 Å². The Kier molecular flexibility index (Phi) is 3.04. The van der Waals surface area contributed by atoms with Crippen LogP contribution in [-0.4, -0.2) is 27.4 Å². The molecule has 2 aromatic heterocycles. The largest absolute Gasteiger partial charge is 0.297 e. The summed E-state index contributed by atoms with van der Waals surface area (Å²) in [6.07, 6.45) is 5.94. The van der Waals surface area contributed by atoms with Crippen molar-refractivity contribution in [2.24, 2.45) is 0 Å². The molecule has 2 aromatic rings. The van der Waals surface area contributed by atoms with Crippen LogP contribution in [0.15, 0.2) is 24.4 Å². The van der Waals surface area contributed by atoms with E-state index in [0.717, 1.165) is 17.8 Å². The number of imidazole rings is 1. The number of hydrogen-bond donors (Lipinski definition) is 0. The predicted octanol–water partition coefficient (Wildman–Crippen LogP) is 2.97. The highest BCUT2D eigenvalue weighted by atomic mass is 35.5. The second-order valence-corrected chi connectivity index (χ2v) is 4.96. The van der Waals surface area contributed by atoms with Crippen molar-refractivity contribution in [2.75, 3.05) is 13.1 Å². The predicted molar refractivity (Wildman–Crippen MR) is 69.3 cm³/mol. The van der Waals surface area contributed by atoms with Crippen molar-refractivity contribution >= 4 is 17.1 Å². The molecule has 1 aliphatic heterocycles. The van der Waals surface area contributed by atoms with Gasteiger partial charge in [-0.2, -0.15) is 0 Å². The average Bonchev–Trinajstić information content (AvgIpc) is 2.69. The Hall–Kier alpha value is -1.06. The molecule has 3 heterocycles. The van der Waals surface area contributed by atoms with Crippen LogP contribution >= 0.6 is 11.6 Å². The van der Waals surface area contributed by atoms with Crippen molar-refractivity contribution in [2.45, 2.75) is 25.8 Å². The van der Waals surface area contributed by atoms with Crippen LogP contribution in [0.2, 0.25) is 5.28 Å². The number of pyridine rings is 1. The maximum Gasteiger partial charge on any atom is 0.207 e. The lowest BCUT2D eigenvalue weighted by atomic mass is 10.1. The van der Waals surface area contributed by atoms with Gasteiger partial charge >= 0.3 is 0 Å². The molecule has 1 saturated heterocycles. The number of rotatable bonds is 2. The fraction of sp³-hybridized carbons (Fsp3) is 0.462. The molecule has 0 aliphatic carbocycles. The van der Waals surface area contributed by atoms with Gasteiger partial charge in [-0.3, -0.25) is 9.30 Å². The Morgan fingerprint density at radius 1 is 1.18 bits per heavy atom. The average molecular weight is 250 g/mol. The van der Waals surface area contributed by atoms with Gasteiger partial charge in [-0.05, 0) is 49.7 Å². The summed E-state index contributed by atoms with van der Waals surface area (Å²) in [5.41, 5.74) is 2.22. The molecule has 0 amide bonds. The molecular weight excluding hydrogens is 234 g/mol. The standard InChI is InChI=1S/C13H16ClN3/c14-13-15-11(10-16-7-3-1-4-8-16)12-6-2-5-9-17(12)13/h2,5-6,9H,1,3-4,7-8,10H2. The van der Waals surface area contributed by atoms with Crippen LogP contribution in [0.3, 0.4) is 0 Å². The van der Waals surface area contributed by atoms with Gasteiger partial charge in [0.05, 0.1) is 11.2 Å². The van der Waals surface area contributed by atoms with E-state index < -0.39 is 0 Å². The van der Waals surface area contributed by atoms with Crippen LogP contribution in [-0.2, 0) is 6.54 Å². The third kappa shape index (κ3) is 2.17. The first-order valence-electron chi connectivity index (χ1n) is 6.18. The smallest absolute Gasteiger partial charge is 0.207 e. The van der Waals surface area contributed by atoms with Gasteiger partial charge in [-0.15, -0.1) is 0 Å². The molecule has 0 atom stereocenters. The Morgan fingerprint density at radius 2 is 2.00 bits per heavy atom. The molecule has 3 rings (SSSR count). The minimum absolute atomic E-state index is 0.563. The molecule has 0 aromatic carbocycles. The summed E-state index contributed by atoms with van der Waals surface area (Å²) in [4.78, 5) is 6.94. The molecule has 0 saturated carbocycles. The number of hydrogen-bond acceptors (Lipinski definition) is 2. The van der Waals surface area contributed by atoms with Crippen LogP contribution in [0.4, 0.5) is 0 Å². The molecule has 4 heteroatoms. The van der Waals surface area contributed by atoms with E-state index in [1.54, 1.807) is 0 Å². The minimum atomic E-state index is 0.563. The summed E-state index contributed by atoms with van der Waals surface area (Å²) in [5.74, 6) is 0. The molecule has 0 radical (unpaired) electrons. The van der Waals surface area contributed by atoms with E-state index in [1.807, 2.05) is 22.7 Å². The van der Waals surface area contributed by atoms with Crippen LogP contribution in [0, 0.1) is 0 Å². The zero-order valence-corrected chi connectivity index (χ0v) is 10.5. The maximum absolute atomic E-state index is 6.13. The van der Waals surface area contributed by atoms with E-state index in [0.29, 0.717) is 5.28 Å². The number of aromatic nitrogens is 2.